The molecule has 1 saturated heterocycles. The van der Waals surface area contributed by atoms with Crippen molar-refractivity contribution in [3.8, 4) is 0 Å². The maximum atomic E-state index is 12.4. The lowest BCUT2D eigenvalue weighted by molar-refractivity contribution is -0.160. The minimum absolute atomic E-state index is 0. The molecule has 0 aromatic heterocycles. The molecule has 0 radical (unpaired) electrons. The predicted molar refractivity (Wildman–Crippen MR) is 75.0 cm³/mol. The Bertz CT molecular complexity index is 259. The van der Waals surface area contributed by atoms with Crippen LogP contribution in [0, 0.1) is 5.41 Å². The van der Waals surface area contributed by atoms with Crippen LogP contribution in [0.2, 0.25) is 0 Å². The summed E-state index contributed by atoms with van der Waals surface area (Å²) in [5.74, 6) is 0.0547. The Kier molecular flexibility index (Phi) is 6.44. The summed E-state index contributed by atoms with van der Waals surface area (Å²) in [4.78, 5) is 12.4. The molecule has 0 aromatic carbocycles. The molecular formula is C14H26ClNO2. The smallest absolute Gasteiger partial charge is 0.313 e. The van der Waals surface area contributed by atoms with Crippen molar-refractivity contribution in [2.45, 2.75) is 64.3 Å². The molecule has 0 aromatic rings. The highest BCUT2D eigenvalue weighted by Gasteiger charge is 2.47. The second-order valence-corrected chi connectivity index (χ2v) is 5.44. The standard InChI is InChI=1S/C14H25NO2.ClH/c1-2-17-13(16)14(9-5-3-6-10-14)12-8-4-7-11-15-12;/h12,15H,2-11H2,1H3;1H/t12-;/m0./s1. The van der Waals surface area contributed by atoms with E-state index in [2.05, 4.69) is 5.32 Å². The number of nitrogens with one attached hydrogen (secondary N) is 1. The molecule has 0 spiro atoms. The van der Waals surface area contributed by atoms with E-state index in [-0.39, 0.29) is 23.8 Å². The zero-order valence-corrected chi connectivity index (χ0v) is 12.2. The summed E-state index contributed by atoms with van der Waals surface area (Å²) in [6.45, 7) is 3.47. The molecule has 0 amide bonds. The van der Waals surface area contributed by atoms with Gasteiger partial charge in [-0.3, -0.25) is 4.79 Å². The predicted octanol–water partition coefficient (Wildman–Crippen LogP) is 3.06. The Morgan fingerprint density at radius 3 is 2.50 bits per heavy atom. The maximum absolute atomic E-state index is 12.4. The lowest BCUT2D eigenvalue weighted by atomic mass is 9.67. The quantitative estimate of drug-likeness (QED) is 0.805. The lowest BCUT2D eigenvalue weighted by Gasteiger charge is -2.43. The number of hydrogen-bond donors (Lipinski definition) is 1. The highest BCUT2D eigenvalue weighted by atomic mass is 35.5. The van der Waals surface area contributed by atoms with Crippen LogP contribution < -0.4 is 5.32 Å². The summed E-state index contributed by atoms with van der Waals surface area (Å²) in [6, 6.07) is 0.357. The Morgan fingerprint density at radius 2 is 1.94 bits per heavy atom. The fraction of sp³-hybridized carbons (Fsp3) is 0.929. The average Bonchev–Trinajstić information content (AvgIpc) is 2.41. The van der Waals surface area contributed by atoms with Gasteiger partial charge in [-0.1, -0.05) is 25.7 Å². The fourth-order valence-corrected chi connectivity index (χ4v) is 3.48. The van der Waals surface area contributed by atoms with Crippen molar-refractivity contribution in [2.24, 2.45) is 5.41 Å². The Labute approximate surface area is 116 Å². The number of halogens is 1. The Balaban J connectivity index is 0.00000162. The van der Waals surface area contributed by atoms with E-state index >= 15 is 0 Å². The molecule has 106 valence electrons. The number of rotatable bonds is 3. The molecule has 1 N–H and O–H groups in total. The van der Waals surface area contributed by atoms with Crippen molar-refractivity contribution in [3.63, 3.8) is 0 Å². The first-order valence-corrected chi connectivity index (χ1v) is 7.20. The third-order valence-electron chi connectivity index (χ3n) is 4.41. The summed E-state index contributed by atoms with van der Waals surface area (Å²) in [5.41, 5.74) is -0.214. The first kappa shape index (κ1) is 15.8. The van der Waals surface area contributed by atoms with Gasteiger partial charge in [-0.05, 0) is 39.2 Å². The second kappa shape index (κ2) is 7.34. The van der Waals surface area contributed by atoms with Gasteiger partial charge in [0, 0.05) is 6.04 Å². The molecule has 18 heavy (non-hydrogen) atoms. The van der Waals surface area contributed by atoms with Gasteiger partial charge in [-0.2, -0.15) is 0 Å². The summed E-state index contributed by atoms with van der Waals surface area (Å²) in [7, 11) is 0. The van der Waals surface area contributed by atoms with Gasteiger partial charge in [0.05, 0.1) is 12.0 Å². The molecule has 1 saturated carbocycles. The maximum Gasteiger partial charge on any atom is 0.313 e. The first-order valence-electron chi connectivity index (χ1n) is 7.20. The molecule has 1 heterocycles. The molecule has 3 nitrogen and oxygen atoms in total. The molecule has 4 heteroatoms. The number of esters is 1. The summed E-state index contributed by atoms with van der Waals surface area (Å²) >= 11 is 0. The number of ether oxygens (including phenoxy) is 1. The van der Waals surface area contributed by atoms with Gasteiger partial charge in [0.2, 0.25) is 0 Å². The van der Waals surface area contributed by atoms with E-state index in [4.69, 9.17) is 4.74 Å². The highest BCUT2D eigenvalue weighted by molar-refractivity contribution is 5.85. The van der Waals surface area contributed by atoms with Crippen molar-refractivity contribution in [1.29, 1.82) is 0 Å². The Hall–Kier alpha value is -0.280. The van der Waals surface area contributed by atoms with Crippen LogP contribution in [0.5, 0.6) is 0 Å². The largest absolute Gasteiger partial charge is 0.466 e. The van der Waals surface area contributed by atoms with E-state index in [1.165, 1.54) is 32.1 Å². The van der Waals surface area contributed by atoms with Crippen molar-refractivity contribution >= 4 is 18.4 Å². The average molecular weight is 276 g/mol. The van der Waals surface area contributed by atoms with Gasteiger partial charge in [0.15, 0.2) is 0 Å². The van der Waals surface area contributed by atoms with E-state index in [1.807, 2.05) is 6.92 Å². The first-order chi connectivity index (χ1) is 8.29. The summed E-state index contributed by atoms with van der Waals surface area (Å²) in [5, 5.41) is 3.57. The third-order valence-corrected chi connectivity index (χ3v) is 4.41. The third kappa shape index (κ3) is 3.18. The van der Waals surface area contributed by atoms with Crippen molar-refractivity contribution in [1.82, 2.24) is 5.32 Å². The summed E-state index contributed by atoms with van der Waals surface area (Å²) < 4.78 is 5.36. The molecule has 1 aliphatic carbocycles. The molecule has 2 aliphatic rings. The van der Waals surface area contributed by atoms with Crippen LogP contribution in [0.25, 0.3) is 0 Å². The topological polar surface area (TPSA) is 38.3 Å². The minimum Gasteiger partial charge on any atom is -0.466 e. The number of carbonyl (C=O) groups excluding carboxylic acids is 1. The molecule has 2 rings (SSSR count). The lowest BCUT2D eigenvalue weighted by Crippen LogP contribution is -2.53. The SMILES string of the molecule is CCOC(=O)C1([C@@H]2CCCCN2)CCCCC1.Cl. The molecule has 1 atom stereocenters. The normalized spacial score (nSPS) is 27.1. The van der Waals surface area contributed by atoms with Crippen LogP contribution >= 0.6 is 12.4 Å². The van der Waals surface area contributed by atoms with Crippen LogP contribution in [-0.2, 0) is 9.53 Å². The van der Waals surface area contributed by atoms with Gasteiger partial charge in [0.1, 0.15) is 0 Å². The van der Waals surface area contributed by atoms with Gasteiger partial charge in [0.25, 0.3) is 0 Å². The van der Waals surface area contributed by atoms with E-state index in [0.717, 1.165) is 25.8 Å². The number of carbonyl (C=O) groups is 1. The molecular weight excluding hydrogens is 250 g/mol. The van der Waals surface area contributed by atoms with Gasteiger partial charge >= 0.3 is 5.97 Å². The minimum atomic E-state index is -0.214. The van der Waals surface area contributed by atoms with Crippen molar-refractivity contribution < 1.29 is 9.53 Å². The van der Waals surface area contributed by atoms with Crippen LogP contribution in [-0.4, -0.2) is 25.2 Å². The molecule has 1 aliphatic heterocycles. The van der Waals surface area contributed by atoms with E-state index in [9.17, 15) is 4.79 Å². The zero-order valence-electron chi connectivity index (χ0n) is 11.4. The van der Waals surface area contributed by atoms with E-state index in [0.29, 0.717) is 12.6 Å². The Morgan fingerprint density at radius 1 is 1.22 bits per heavy atom. The van der Waals surface area contributed by atoms with Gasteiger partial charge in [-0.25, -0.2) is 0 Å². The van der Waals surface area contributed by atoms with E-state index < -0.39 is 0 Å². The van der Waals surface area contributed by atoms with Crippen LogP contribution in [0.1, 0.15) is 58.3 Å². The van der Waals surface area contributed by atoms with Crippen LogP contribution in [0.15, 0.2) is 0 Å². The zero-order chi connectivity index (χ0) is 12.1. The molecule has 2 fully saturated rings. The monoisotopic (exact) mass is 275 g/mol. The van der Waals surface area contributed by atoms with Crippen molar-refractivity contribution in [3.05, 3.63) is 0 Å². The second-order valence-electron chi connectivity index (χ2n) is 5.44. The summed E-state index contributed by atoms with van der Waals surface area (Å²) in [6.07, 6.45) is 9.29. The van der Waals surface area contributed by atoms with E-state index in [1.54, 1.807) is 0 Å². The highest BCUT2D eigenvalue weighted by Crippen LogP contribution is 2.42. The van der Waals surface area contributed by atoms with Crippen LogP contribution in [0.3, 0.4) is 0 Å². The molecule has 0 bridgehead atoms. The van der Waals surface area contributed by atoms with Crippen LogP contribution in [0.4, 0.5) is 0 Å². The molecule has 0 unspecified atom stereocenters. The van der Waals surface area contributed by atoms with Gasteiger partial charge in [-0.15, -0.1) is 12.4 Å². The van der Waals surface area contributed by atoms with Gasteiger partial charge < -0.3 is 10.1 Å². The number of hydrogen-bond acceptors (Lipinski definition) is 3. The van der Waals surface area contributed by atoms with Crippen molar-refractivity contribution in [2.75, 3.05) is 13.2 Å². The number of piperidine rings is 1. The fourth-order valence-electron chi connectivity index (χ4n) is 3.48.